The lowest BCUT2D eigenvalue weighted by Crippen LogP contribution is -2.38. The molecule has 1 aliphatic rings. The normalized spacial score (nSPS) is 18.1. The quantitative estimate of drug-likeness (QED) is 0.771. The molecule has 0 radical (unpaired) electrons. The zero-order valence-corrected chi connectivity index (χ0v) is 11.1. The molecular formula is C15H20O3. The second kappa shape index (κ2) is 5.42. The summed E-state index contributed by atoms with van der Waals surface area (Å²) < 4.78 is 10.3. The largest absolute Gasteiger partial charge is 0.497 e. The molecule has 0 unspecified atom stereocenters. The van der Waals surface area contributed by atoms with Crippen LogP contribution in [0, 0.1) is 0 Å². The monoisotopic (exact) mass is 248 g/mol. The number of benzene rings is 1. The summed E-state index contributed by atoms with van der Waals surface area (Å²) in [5, 5.41) is 0. The molecule has 0 atom stereocenters. The number of ether oxygens (including phenoxy) is 2. The van der Waals surface area contributed by atoms with Crippen molar-refractivity contribution in [3.63, 3.8) is 0 Å². The molecule has 0 saturated heterocycles. The van der Waals surface area contributed by atoms with Gasteiger partial charge in [0, 0.05) is 0 Å². The molecule has 2 rings (SSSR count). The van der Waals surface area contributed by atoms with E-state index in [1.54, 1.807) is 7.11 Å². The van der Waals surface area contributed by atoms with E-state index >= 15 is 0 Å². The van der Waals surface area contributed by atoms with Crippen LogP contribution in [-0.4, -0.2) is 20.2 Å². The molecule has 0 aliphatic heterocycles. The van der Waals surface area contributed by atoms with Gasteiger partial charge in [-0.25, -0.2) is 0 Å². The van der Waals surface area contributed by atoms with Crippen molar-refractivity contribution >= 4 is 5.97 Å². The predicted molar refractivity (Wildman–Crippen MR) is 69.8 cm³/mol. The number of hydrogen-bond donors (Lipinski definition) is 0. The summed E-state index contributed by atoms with van der Waals surface area (Å²) in [6, 6.07) is 7.80. The van der Waals surface area contributed by atoms with E-state index in [4.69, 9.17) is 9.47 Å². The average Bonchev–Trinajstić information content (AvgIpc) is 2.47. The Bertz CT molecular complexity index is 420. The lowest BCUT2D eigenvalue weighted by molar-refractivity contribution is -0.149. The number of rotatable bonds is 3. The van der Waals surface area contributed by atoms with Gasteiger partial charge in [-0.3, -0.25) is 4.79 Å². The van der Waals surface area contributed by atoms with Crippen LogP contribution in [-0.2, 0) is 14.9 Å². The summed E-state index contributed by atoms with van der Waals surface area (Å²) in [6.07, 6.45) is 5.08. The molecule has 98 valence electrons. The van der Waals surface area contributed by atoms with E-state index in [-0.39, 0.29) is 5.97 Å². The second-order valence-electron chi connectivity index (χ2n) is 4.87. The highest BCUT2D eigenvalue weighted by Gasteiger charge is 2.42. The Labute approximate surface area is 108 Å². The third kappa shape index (κ3) is 2.22. The number of carbonyl (C=O) groups excluding carboxylic acids is 1. The standard InChI is InChI=1S/C15H20O3/c1-17-13-8-6-7-12(11-13)15(14(16)18-2)9-4-3-5-10-15/h6-8,11H,3-5,9-10H2,1-2H3. The van der Waals surface area contributed by atoms with Crippen molar-refractivity contribution in [2.75, 3.05) is 14.2 Å². The molecule has 0 spiro atoms. The van der Waals surface area contributed by atoms with Gasteiger partial charge in [0.1, 0.15) is 5.75 Å². The lowest BCUT2D eigenvalue weighted by atomic mass is 9.69. The topological polar surface area (TPSA) is 35.5 Å². The van der Waals surface area contributed by atoms with E-state index in [9.17, 15) is 4.79 Å². The zero-order chi connectivity index (χ0) is 13.0. The van der Waals surface area contributed by atoms with Gasteiger partial charge in [0.25, 0.3) is 0 Å². The Balaban J connectivity index is 2.41. The summed E-state index contributed by atoms with van der Waals surface area (Å²) in [4.78, 5) is 12.2. The highest BCUT2D eigenvalue weighted by Crippen LogP contribution is 2.41. The van der Waals surface area contributed by atoms with Crippen LogP contribution in [0.2, 0.25) is 0 Å². The van der Waals surface area contributed by atoms with E-state index in [0.717, 1.165) is 37.0 Å². The van der Waals surface area contributed by atoms with E-state index < -0.39 is 5.41 Å². The van der Waals surface area contributed by atoms with Crippen molar-refractivity contribution in [2.24, 2.45) is 0 Å². The number of methoxy groups -OCH3 is 2. The maximum Gasteiger partial charge on any atom is 0.316 e. The summed E-state index contributed by atoms with van der Waals surface area (Å²) in [6.45, 7) is 0. The van der Waals surface area contributed by atoms with Gasteiger partial charge >= 0.3 is 5.97 Å². The first-order valence-corrected chi connectivity index (χ1v) is 6.46. The third-order valence-corrected chi connectivity index (χ3v) is 3.91. The van der Waals surface area contributed by atoms with Gasteiger partial charge in [-0.1, -0.05) is 31.4 Å². The van der Waals surface area contributed by atoms with E-state index in [2.05, 4.69) is 0 Å². The van der Waals surface area contributed by atoms with Crippen LogP contribution in [0.4, 0.5) is 0 Å². The predicted octanol–water partition coefficient (Wildman–Crippen LogP) is 3.07. The molecule has 1 aromatic rings. The molecule has 0 N–H and O–H groups in total. The maximum atomic E-state index is 12.2. The first-order chi connectivity index (χ1) is 8.73. The van der Waals surface area contributed by atoms with E-state index in [1.807, 2.05) is 24.3 Å². The van der Waals surface area contributed by atoms with Crippen LogP contribution >= 0.6 is 0 Å². The van der Waals surface area contributed by atoms with Crippen LogP contribution < -0.4 is 4.74 Å². The molecule has 1 fully saturated rings. The molecule has 1 saturated carbocycles. The van der Waals surface area contributed by atoms with Crippen molar-refractivity contribution in [3.05, 3.63) is 29.8 Å². The van der Waals surface area contributed by atoms with Crippen molar-refractivity contribution in [1.29, 1.82) is 0 Å². The Kier molecular flexibility index (Phi) is 3.90. The SMILES string of the molecule is COC(=O)C1(c2cccc(OC)c2)CCCCC1. The Hall–Kier alpha value is -1.51. The summed E-state index contributed by atoms with van der Waals surface area (Å²) in [5.41, 5.74) is 0.551. The van der Waals surface area contributed by atoms with E-state index in [0.29, 0.717) is 0 Å². The average molecular weight is 248 g/mol. The summed E-state index contributed by atoms with van der Waals surface area (Å²) in [5.74, 6) is 0.678. The van der Waals surface area contributed by atoms with Crippen molar-refractivity contribution in [1.82, 2.24) is 0 Å². The second-order valence-corrected chi connectivity index (χ2v) is 4.87. The van der Waals surface area contributed by atoms with Gasteiger partial charge in [-0.2, -0.15) is 0 Å². The minimum Gasteiger partial charge on any atom is -0.497 e. The molecule has 0 amide bonds. The number of carbonyl (C=O) groups is 1. The molecule has 0 aromatic heterocycles. The molecule has 1 aromatic carbocycles. The number of hydrogen-bond acceptors (Lipinski definition) is 3. The van der Waals surface area contributed by atoms with Crippen molar-refractivity contribution in [3.8, 4) is 5.75 Å². The molecule has 0 heterocycles. The van der Waals surface area contributed by atoms with Gasteiger partial charge in [0.15, 0.2) is 0 Å². The van der Waals surface area contributed by atoms with Gasteiger partial charge < -0.3 is 9.47 Å². The molecular weight excluding hydrogens is 228 g/mol. The lowest BCUT2D eigenvalue weighted by Gasteiger charge is -2.35. The fourth-order valence-electron chi connectivity index (χ4n) is 2.88. The highest BCUT2D eigenvalue weighted by molar-refractivity contribution is 5.83. The smallest absolute Gasteiger partial charge is 0.316 e. The Morgan fingerprint density at radius 2 is 1.89 bits per heavy atom. The first kappa shape index (κ1) is 12.9. The van der Waals surface area contributed by atoms with Crippen LogP contribution in [0.1, 0.15) is 37.7 Å². The molecule has 3 nitrogen and oxygen atoms in total. The molecule has 0 bridgehead atoms. The minimum absolute atomic E-state index is 0.115. The van der Waals surface area contributed by atoms with Gasteiger partial charge in [0.05, 0.1) is 19.6 Å². The van der Waals surface area contributed by atoms with Crippen LogP contribution in [0.15, 0.2) is 24.3 Å². The van der Waals surface area contributed by atoms with Crippen molar-refractivity contribution < 1.29 is 14.3 Å². The first-order valence-electron chi connectivity index (χ1n) is 6.46. The molecule has 18 heavy (non-hydrogen) atoms. The van der Waals surface area contributed by atoms with Crippen LogP contribution in [0.25, 0.3) is 0 Å². The third-order valence-electron chi connectivity index (χ3n) is 3.91. The Morgan fingerprint density at radius 1 is 1.17 bits per heavy atom. The Morgan fingerprint density at radius 3 is 2.50 bits per heavy atom. The fourth-order valence-corrected chi connectivity index (χ4v) is 2.88. The zero-order valence-electron chi connectivity index (χ0n) is 11.1. The molecule has 1 aliphatic carbocycles. The van der Waals surface area contributed by atoms with Gasteiger partial charge in [-0.05, 0) is 30.5 Å². The van der Waals surface area contributed by atoms with Crippen LogP contribution in [0.5, 0.6) is 5.75 Å². The highest BCUT2D eigenvalue weighted by atomic mass is 16.5. The fraction of sp³-hybridized carbons (Fsp3) is 0.533. The minimum atomic E-state index is -0.471. The van der Waals surface area contributed by atoms with Crippen molar-refractivity contribution in [2.45, 2.75) is 37.5 Å². The summed E-state index contributed by atoms with van der Waals surface area (Å²) >= 11 is 0. The maximum absolute atomic E-state index is 12.2. The molecule has 3 heteroatoms. The summed E-state index contributed by atoms with van der Waals surface area (Å²) in [7, 11) is 3.11. The van der Waals surface area contributed by atoms with Gasteiger partial charge in [0.2, 0.25) is 0 Å². The van der Waals surface area contributed by atoms with E-state index in [1.165, 1.54) is 13.5 Å². The number of esters is 1. The van der Waals surface area contributed by atoms with Crippen LogP contribution in [0.3, 0.4) is 0 Å². The van der Waals surface area contributed by atoms with Gasteiger partial charge in [-0.15, -0.1) is 0 Å².